The van der Waals surface area contributed by atoms with Gasteiger partial charge in [0.05, 0.1) is 11.7 Å². The van der Waals surface area contributed by atoms with E-state index in [4.69, 9.17) is 5.14 Å². The maximum absolute atomic E-state index is 11.9. The predicted octanol–water partition coefficient (Wildman–Crippen LogP) is -0.0433. The molecule has 0 aliphatic carbocycles. The van der Waals surface area contributed by atoms with Crippen LogP contribution >= 0.6 is 0 Å². The van der Waals surface area contributed by atoms with Crippen molar-refractivity contribution in [3.8, 4) is 0 Å². The normalized spacial score (nSPS) is 20.4. The van der Waals surface area contributed by atoms with Crippen LogP contribution in [0.1, 0.15) is 6.42 Å². The van der Waals surface area contributed by atoms with Crippen LogP contribution in [0, 0.1) is 0 Å². The van der Waals surface area contributed by atoms with E-state index in [1.165, 1.54) is 4.90 Å². The molecule has 1 amide bonds. The van der Waals surface area contributed by atoms with Crippen molar-refractivity contribution in [1.82, 2.24) is 10.2 Å². The largest absolute Gasteiger partial charge is 0.311 e. The summed E-state index contributed by atoms with van der Waals surface area (Å²) < 4.78 is 22.6. The van der Waals surface area contributed by atoms with Crippen LogP contribution in [0.3, 0.4) is 0 Å². The van der Waals surface area contributed by atoms with Crippen LogP contribution < -0.4 is 10.0 Å². The van der Waals surface area contributed by atoms with E-state index in [9.17, 15) is 13.2 Å². The highest BCUT2D eigenvalue weighted by molar-refractivity contribution is 7.89. The Morgan fingerprint density at radius 3 is 2.89 bits per heavy atom. The van der Waals surface area contributed by atoms with Crippen molar-refractivity contribution in [3.63, 3.8) is 0 Å². The Kier molecular flexibility index (Phi) is 2.58. The van der Waals surface area contributed by atoms with Gasteiger partial charge in [-0.15, -0.1) is 0 Å². The van der Waals surface area contributed by atoms with Crippen LogP contribution in [0.5, 0.6) is 0 Å². The molecular weight excluding hydrogens is 268 g/mol. The molecule has 1 atom stereocenters. The minimum absolute atomic E-state index is 0.0696. The third-order valence-corrected chi connectivity index (χ3v) is 4.54. The number of nitrogens with two attached hydrogens (primary N) is 1. The summed E-state index contributed by atoms with van der Waals surface area (Å²) in [6.07, 6.45) is 1.61. The molecule has 0 radical (unpaired) electrons. The number of H-pyrrole nitrogens is 1. The second-order valence-electron chi connectivity index (χ2n) is 4.56. The number of carbonyl (C=O) groups is 1. The summed E-state index contributed by atoms with van der Waals surface area (Å²) in [6, 6.07) is 5.36. The van der Waals surface area contributed by atoms with E-state index in [-0.39, 0.29) is 18.9 Å². The predicted molar refractivity (Wildman–Crippen MR) is 70.0 cm³/mol. The van der Waals surface area contributed by atoms with Gasteiger partial charge in [-0.2, -0.15) is 5.10 Å². The topological polar surface area (TPSA) is 109 Å². The second kappa shape index (κ2) is 4.04. The SMILES string of the molecule is NS(=O)(=O)C1CC(=O)N(c2ccc3cn[nH]c3c2)C1. The molecule has 1 saturated heterocycles. The zero-order valence-electron chi connectivity index (χ0n) is 9.91. The summed E-state index contributed by atoms with van der Waals surface area (Å²) in [6.45, 7) is 0.0946. The monoisotopic (exact) mass is 280 g/mol. The number of anilines is 1. The number of hydrogen-bond acceptors (Lipinski definition) is 4. The van der Waals surface area contributed by atoms with Gasteiger partial charge in [-0.1, -0.05) is 0 Å². The molecule has 0 saturated carbocycles. The summed E-state index contributed by atoms with van der Waals surface area (Å²) in [5, 5.41) is 11.9. The molecule has 3 rings (SSSR count). The minimum atomic E-state index is -3.69. The van der Waals surface area contributed by atoms with E-state index in [0.29, 0.717) is 5.69 Å². The summed E-state index contributed by atoms with van der Waals surface area (Å²) in [4.78, 5) is 13.3. The molecule has 7 nitrogen and oxygen atoms in total. The average Bonchev–Trinajstić information content (AvgIpc) is 2.92. The fourth-order valence-corrected chi connectivity index (χ4v) is 2.97. The van der Waals surface area contributed by atoms with Crippen LogP contribution in [-0.4, -0.2) is 36.3 Å². The molecule has 100 valence electrons. The number of nitrogens with zero attached hydrogens (tertiary/aromatic N) is 2. The van der Waals surface area contributed by atoms with Crippen LogP contribution in [0.25, 0.3) is 10.9 Å². The highest BCUT2D eigenvalue weighted by atomic mass is 32.2. The van der Waals surface area contributed by atoms with Crippen molar-refractivity contribution in [1.29, 1.82) is 0 Å². The Balaban J connectivity index is 1.96. The van der Waals surface area contributed by atoms with Crippen LogP contribution in [0.15, 0.2) is 24.4 Å². The van der Waals surface area contributed by atoms with Gasteiger partial charge < -0.3 is 4.90 Å². The number of benzene rings is 1. The number of rotatable bonds is 2. The molecule has 1 aromatic heterocycles. The Hall–Kier alpha value is -1.93. The Labute approximate surface area is 109 Å². The number of sulfonamides is 1. The first-order chi connectivity index (χ1) is 8.95. The highest BCUT2D eigenvalue weighted by Crippen LogP contribution is 2.26. The van der Waals surface area contributed by atoms with E-state index < -0.39 is 15.3 Å². The molecule has 0 bridgehead atoms. The first kappa shape index (κ1) is 12.1. The van der Waals surface area contributed by atoms with Crippen LogP contribution in [0.2, 0.25) is 0 Å². The summed E-state index contributed by atoms with van der Waals surface area (Å²) in [7, 11) is -3.69. The van der Waals surface area contributed by atoms with Crippen molar-refractivity contribution in [2.24, 2.45) is 5.14 Å². The number of aromatic amines is 1. The molecule has 1 aliphatic heterocycles. The molecule has 3 N–H and O–H groups in total. The maximum Gasteiger partial charge on any atom is 0.228 e. The molecule has 2 heterocycles. The van der Waals surface area contributed by atoms with Gasteiger partial charge in [0.25, 0.3) is 0 Å². The van der Waals surface area contributed by atoms with Gasteiger partial charge in [0.15, 0.2) is 0 Å². The van der Waals surface area contributed by atoms with E-state index in [2.05, 4.69) is 10.2 Å². The number of primary sulfonamides is 1. The quantitative estimate of drug-likeness (QED) is 0.804. The zero-order valence-corrected chi connectivity index (χ0v) is 10.7. The molecule has 2 aromatic rings. The van der Waals surface area contributed by atoms with Gasteiger partial charge in [0, 0.05) is 24.0 Å². The van der Waals surface area contributed by atoms with E-state index in [0.717, 1.165) is 10.9 Å². The van der Waals surface area contributed by atoms with Gasteiger partial charge in [-0.3, -0.25) is 9.89 Å². The summed E-state index contributed by atoms with van der Waals surface area (Å²) in [5.74, 6) is -0.238. The van der Waals surface area contributed by atoms with Crippen molar-refractivity contribution >= 4 is 32.5 Å². The molecule has 0 spiro atoms. The Bertz CT molecular complexity index is 752. The number of carbonyl (C=O) groups excluding carboxylic acids is 1. The van der Waals surface area contributed by atoms with Crippen LogP contribution in [0.4, 0.5) is 5.69 Å². The van der Waals surface area contributed by atoms with Crippen molar-refractivity contribution in [3.05, 3.63) is 24.4 Å². The van der Waals surface area contributed by atoms with Crippen LogP contribution in [-0.2, 0) is 14.8 Å². The summed E-state index contributed by atoms with van der Waals surface area (Å²) in [5.41, 5.74) is 1.44. The zero-order chi connectivity index (χ0) is 13.6. The van der Waals surface area contributed by atoms with Crippen molar-refractivity contribution < 1.29 is 13.2 Å². The van der Waals surface area contributed by atoms with E-state index >= 15 is 0 Å². The third-order valence-electron chi connectivity index (χ3n) is 3.29. The summed E-state index contributed by atoms with van der Waals surface area (Å²) >= 11 is 0. The molecule has 19 heavy (non-hydrogen) atoms. The van der Waals surface area contributed by atoms with Gasteiger partial charge in [0.2, 0.25) is 15.9 Å². The number of nitrogens with one attached hydrogen (secondary N) is 1. The molecular formula is C11H12N4O3S. The molecule has 1 aromatic carbocycles. The average molecular weight is 280 g/mol. The number of aromatic nitrogens is 2. The Morgan fingerprint density at radius 2 is 2.21 bits per heavy atom. The van der Waals surface area contributed by atoms with Crippen molar-refractivity contribution in [2.75, 3.05) is 11.4 Å². The first-order valence-corrected chi connectivity index (χ1v) is 7.31. The number of fused-ring (bicyclic) bond motifs is 1. The molecule has 1 fully saturated rings. The molecule has 1 unspecified atom stereocenters. The maximum atomic E-state index is 11.9. The highest BCUT2D eigenvalue weighted by Gasteiger charge is 2.37. The molecule has 1 aliphatic rings. The van der Waals surface area contributed by atoms with E-state index in [1.807, 2.05) is 6.07 Å². The lowest BCUT2D eigenvalue weighted by Gasteiger charge is -2.16. The number of hydrogen-bond donors (Lipinski definition) is 2. The van der Waals surface area contributed by atoms with Gasteiger partial charge >= 0.3 is 0 Å². The van der Waals surface area contributed by atoms with Gasteiger partial charge in [-0.05, 0) is 18.2 Å². The van der Waals surface area contributed by atoms with E-state index in [1.54, 1.807) is 18.3 Å². The number of amides is 1. The minimum Gasteiger partial charge on any atom is -0.311 e. The lowest BCUT2D eigenvalue weighted by molar-refractivity contribution is -0.117. The van der Waals surface area contributed by atoms with Gasteiger partial charge in [0.1, 0.15) is 5.25 Å². The first-order valence-electron chi connectivity index (χ1n) is 5.70. The second-order valence-corrected chi connectivity index (χ2v) is 6.41. The fraction of sp³-hybridized carbons (Fsp3) is 0.273. The van der Waals surface area contributed by atoms with Crippen molar-refractivity contribution in [2.45, 2.75) is 11.7 Å². The third kappa shape index (κ3) is 2.08. The standard InChI is InChI=1S/C11H12N4O3S/c12-19(17,18)9-4-11(16)15(6-9)8-2-1-7-5-13-14-10(7)3-8/h1-3,5,9H,4,6H2,(H,13,14)(H2,12,17,18). The Morgan fingerprint density at radius 1 is 1.42 bits per heavy atom. The fourth-order valence-electron chi connectivity index (χ4n) is 2.24. The molecule has 8 heteroatoms. The lowest BCUT2D eigenvalue weighted by Crippen LogP contribution is -2.32. The van der Waals surface area contributed by atoms with Gasteiger partial charge in [-0.25, -0.2) is 13.6 Å². The smallest absolute Gasteiger partial charge is 0.228 e. The lowest BCUT2D eigenvalue weighted by atomic mass is 10.2.